The summed E-state index contributed by atoms with van der Waals surface area (Å²) in [4.78, 5) is 12.5. The van der Waals surface area contributed by atoms with E-state index in [0.717, 1.165) is 17.0 Å². The molecule has 1 heterocycles. The predicted molar refractivity (Wildman–Crippen MR) is 136 cm³/mol. The lowest BCUT2D eigenvalue weighted by Gasteiger charge is -2.11. The fraction of sp³-hybridized carbons (Fsp3) is 0.125. The molecule has 1 amide bonds. The van der Waals surface area contributed by atoms with Crippen LogP contribution in [0.15, 0.2) is 78.0 Å². The van der Waals surface area contributed by atoms with Gasteiger partial charge in [-0.05, 0) is 41.5 Å². The predicted octanol–water partition coefficient (Wildman–Crippen LogP) is 6.61. The minimum absolute atomic E-state index is 0.171. The number of carbonyl (C=O) groups excluding carboxylic acids is 1. The molecule has 0 fully saturated rings. The summed E-state index contributed by atoms with van der Waals surface area (Å²) < 4.78 is 2.04. The first-order chi connectivity index (χ1) is 16.0. The van der Waals surface area contributed by atoms with Crippen molar-refractivity contribution in [3.63, 3.8) is 0 Å². The summed E-state index contributed by atoms with van der Waals surface area (Å²) in [6.07, 6.45) is 0.636. The van der Waals surface area contributed by atoms with Crippen molar-refractivity contribution in [2.75, 3.05) is 11.1 Å². The SMILES string of the molecule is O=C(CSc1nnc(Cc2ccccc2)n1Cc1ccc(Cl)cc1)Nc1ccc(Cl)c(Cl)c1. The van der Waals surface area contributed by atoms with Crippen LogP contribution in [0.4, 0.5) is 5.69 Å². The zero-order chi connectivity index (χ0) is 23.2. The topological polar surface area (TPSA) is 59.8 Å². The van der Waals surface area contributed by atoms with Crippen molar-refractivity contribution in [3.8, 4) is 0 Å². The number of amides is 1. The van der Waals surface area contributed by atoms with Gasteiger partial charge < -0.3 is 9.88 Å². The lowest BCUT2D eigenvalue weighted by molar-refractivity contribution is -0.113. The summed E-state index contributed by atoms with van der Waals surface area (Å²) in [6, 6.07) is 22.7. The molecule has 0 aliphatic heterocycles. The van der Waals surface area contributed by atoms with E-state index in [-0.39, 0.29) is 11.7 Å². The van der Waals surface area contributed by atoms with E-state index in [9.17, 15) is 4.79 Å². The molecule has 0 atom stereocenters. The molecule has 0 spiro atoms. The van der Waals surface area contributed by atoms with Gasteiger partial charge in [0.2, 0.25) is 5.91 Å². The minimum Gasteiger partial charge on any atom is -0.325 e. The maximum absolute atomic E-state index is 12.5. The molecule has 0 saturated heterocycles. The molecular weight excluding hydrogens is 499 g/mol. The highest BCUT2D eigenvalue weighted by Gasteiger charge is 2.16. The molecule has 0 unspecified atom stereocenters. The third-order valence-corrected chi connectivity index (χ3v) is 6.75. The molecule has 4 aromatic rings. The van der Waals surface area contributed by atoms with E-state index in [2.05, 4.69) is 27.6 Å². The molecule has 5 nitrogen and oxygen atoms in total. The van der Waals surface area contributed by atoms with Crippen LogP contribution in [0.5, 0.6) is 0 Å². The monoisotopic (exact) mass is 516 g/mol. The number of hydrogen-bond acceptors (Lipinski definition) is 4. The summed E-state index contributed by atoms with van der Waals surface area (Å²) in [7, 11) is 0. The van der Waals surface area contributed by atoms with Crippen LogP contribution < -0.4 is 5.32 Å². The number of halogens is 3. The number of nitrogens with one attached hydrogen (secondary N) is 1. The molecule has 9 heteroatoms. The number of rotatable bonds is 8. The quantitative estimate of drug-likeness (QED) is 0.267. The van der Waals surface area contributed by atoms with E-state index in [1.807, 2.05) is 47.0 Å². The Kier molecular flexibility index (Phi) is 7.93. The average Bonchev–Trinajstić information content (AvgIpc) is 3.18. The van der Waals surface area contributed by atoms with E-state index >= 15 is 0 Å². The molecule has 0 saturated carbocycles. The molecule has 0 radical (unpaired) electrons. The van der Waals surface area contributed by atoms with Gasteiger partial charge in [0.15, 0.2) is 5.16 Å². The Morgan fingerprint density at radius 2 is 1.64 bits per heavy atom. The first-order valence-electron chi connectivity index (χ1n) is 10.1. The number of anilines is 1. The molecule has 3 aromatic carbocycles. The van der Waals surface area contributed by atoms with Gasteiger partial charge in [-0.2, -0.15) is 0 Å². The fourth-order valence-corrected chi connectivity index (χ4v) is 4.35. The molecule has 0 aliphatic carbocycles. The molecule has 33 heavy (non-hydrogen) atoms. The summed E-state index contributed by atoms with van der Waals surface area (Å²) in [5, 5.41) is 13.8. The van der Waals surface area contributed by atoms with Crippen LogP contribution in [0.3, 0.4) is 0 Å². The number of thioether (sulfide) groups is 1. The Morgan fingerprint density at radius 1 is 0.879 bits per heavy atom. The van der Waals surface area contributed by atoms with Gasteiger partial charge >= 0.3 is 0 Å². The van der Waals surface area contributed by atoms with Gasteiger partial charge in [0.25, 0.3) is 0 Å². The van der Waals surface area contributed by atoms with E-state index < -0.39 is 0 Å². The van der Waals surface area contributed by atoms with Crippen LogP contribution in [0, 0.1) is 0 Å². The van der Waals surface area contributed by atoms with Crippen molar-refractivity contribution in [2.45, 2.75) is 18.1 Å². The largest absolute Gasteiger partial charge is 0.325 e. The van der Waals surface area contributed by atoms with E-state index in [4.69, 9.17) is 34.8 Å². The molecule has 0 aliphatic rings. The molecule has 0 bridgehead atoms. The van der Waals surface area contributed by atoms with Gasteiger partial charge in [0.05, 0.1) is 22.3 Å². The van der Waals surface area contributed by atoms with E-state index in [1.54, 1.807) is 18.2 Å². The highest BCUT2D eigenvalue weighted by atomic mass is 35.5. The Balaban J connectivity index is 1.50. The Labute approximate surface area is 211 Å². The lowest BCUT2D eigenvalue weighted by Crippen LogP contribution is -2.15. The van der Waals surface area contributed by atoms with Crippen LogP contribution in [0.1, 0.15) is 17.0 Å². The minimum atomic E-state index is -0.177. The molecule has 1 N–H and O–H groups in total. The maximum Gasteiger partial charge on any atom is 0.234 e. The molecule has 1 aromatic heterocycles. The number of hydrogen-bond donors (Lipinski definition) is 1. The van der Waals surface area contributed by atoms with Crippen molar-refractivity contribution >= 4 is 58.2 Å². The standard InChI is InChI=1S/C24H19Cl3N4OS/c25-18-8-6-17(7-9-18)14-31-22(12-16-4-2-1-3-5-16)29-30-24(31)33-15-23(32)28-19-10-11-20(26)21(27)13-19/h1-11,13H,12,14-15H2,(H,28,32). The van der Waals surface area contributed by atoms with Crippen molar-refractivity contribution in [2.24, 2.45) is 0 Å². The molecular formula is C24H19Cl3N4OS. The normalized spacial score (nSPS) is 10.9. The van der Waals surface area contributed by atoms with Crippen molar-refractivity contribution in [1.82, 2.24) is 14.8 Å². The Morgan fingerprint density at radius 3 is 2.36 bits per heavy atom. The van der Waals surface area contributed by atoms with Crippen LogP contribution in [-0.2, 0) is 17.8 Å². The van der Waals surface area contributed by atoms with E-state index in [1.165, 1.54) is 11.8 Å². The van der Waals surface area contributed by atoms with Crippen molar-refractivity contribution in [1.29, 1.82) is 0 Å². The second kappa shape index (κ2) is 11.1. The zero-order valence-electron chi connectivity index (χ0n) is 17.3. The molecule has 168 valence electrons. The summed E-state index contributed by atoms with van der Waals surface area (Å²) in [5.74, 6) is 0.817. The number of aromatic nitrogens is 3. The summed E-state index contributed by atoms with van der Waals surface area (Å²) in [5.41, 5.74) is 2.79. The Hall–Kier alpha value is -2.51. The smallest absolute Gasteiger partial charge is 0.234 e. The van der Waals surface area contributed by atoms with Gasteiger partial charge in [0, 0.05) is 17.1 Å². The number of benzene rings is 3. The van der Waals surface area contributed by atoms with E-state index in [0.29, 0.717) is 38.9 Å². The summed E-state index contributed by atoms with van der Waals surface area (Å²) in [6.45, 7) is 0.573. The first-order valence-corrected chi connectivity index (χ1v) is 12.2. The maximum atomic E-state index is 12.5. The van der Waals surface area contributed by atoms with Crippen LogP contribution in [0.25, 0.3) is 0 Å². The second-order valence-electron chi connectivity index (χ2n) is 7.24. The van der Waals surface area contributed by atoms with Gasteiger partial charge in [-0.3, -0.25) is 4.79 Å². The average molecular weight is 518 g/mol. The van der Waals surface area contributed by atoms with Crippen LogP contribution in [-0.4, -0.2) is 26.4 Å². The third kappa shape index (κ3) is 6.51. The zero-order valence-corrected chi connectivity index (χ0v) is 20.4. The fourth-order valence-electron chi connectivity index (χ4n) is 3.17. The highest BCUT2D eigenvalue weighted by Crippen LogP contribution is 2.26. The van der Waals surface area contributed by atoms with Crippen LogP contribution >= 0.6 is 46.6 Å². The highest BCUT2D eigenvalue weighted by molar-refractivity contribution is 7.99. The first kappa shape index (κ1) is 23.6. The second-order valence-corrected chi connectivity index (χ2v) is 9.43. The van der Waals surface area contributed by atoms with Crippen molar-refractivity contribution in [3.05, 3.63) is 105 Å². The van der Waals surface area contributed by atoms with Crippen molar-refractivity contribution < 1.29 is 4.79 Å². The van der Waals surface area contributed by atoms with Crippen LogP contribution in [0.2, 0.25) is 15.1 Å². The summed E-state index contributed by atoms with van der Waals surface area (Å²) >= 11 is 19.3. The van der Waals surface area contributed by atoms with Gasteiger partial charge in [-0.15, -0.1) is 10.2 Å². The van der Waals surface area contributed by atoms with Gasteiger partial charge in [0.1, 0.15) is 5.82 Å². The van der Waals surface area contributed by atoms with Gasteiger partial charge in [-0.1, -0.05) is 89.0 Å². The number of carbonyl (C=O) groups is 1. The third-order valence-electron chi connectivity index (χ3n) is 4.79. The Bertz CT molecular complexity index is 1250. The lowest BCUT2D eigenvalue weighted by atomic mass is 10.1. The molecule has 4 rings (SSSR count). The number of nitrogens with zero attached hydrogens (tertiary/aromatic N) is 3. The van der Waals surface area contributed by atoms with Gasteiger partial charge in [-0.25, -0.2) is 0 Å².